The number of aliphatic hydroxyl groups excluding tert-OH is 1. The number of aliphatic hydroxyl groups is 1. The van der Waals surface area contributed by atoms with Crippen LogP contribution in [0.3, 0.4) is 0 Å². The molecule has 5 heteroatoms. The molecule has 4 N–H and O–H groups in total. The van der Waals surface area contributed by atoms with E-state index in [4.69, 9.17) is 5.73 Å². The first-order valence-electron chi connectivity index (χ1n) is 7.44. The van der Waals surface area contributed by atoms with E-state index in [0.717, 1.165) is 36.5 Å². The lowest BCUT2D eigenvalue weighted by Crippen LogP contribution is -2.16. The van der Waals surface area contributed by atoms with Crippen molar-refractivity contribution >= 4 is 11.5 Å². The molecule has 1 atom stereocenters. The zero-order chi connectivity index (χ0) is 15.9. The quantitative estimate of drug-likeness (QED) is 0.539. The Hall–Kier alpha value is -2.11. The zero-order valence-corrected chi connectivity index (χ0v) is 13.2. The van der Waals surface area contributed by atoms with Gasteiger partial charge in [0.15, 0.2) is 0 Å². The average Bonchev–Trinajstić information content (AvgIpc) is 2.52. The molecule has 2 aromatic rings. The van der Waals surface area contributed by atoms with E-state index in [1.54, 1.807) is 18.3 Å². The van der Waals surface area contributed by atoms with E-state index < -0.39 is 6.10 Å². The van der Waals surface area contributed by atoms with Gasteiger partial charge in [0.05, 0.1) is 0 Å². The Morgan fingerprint density at radius 2 is 1.91 bits per heavy atom. The first kappa shape index (κ1) is 16.3. The molecule has 0 amide bonds. The summed E-state index contributed by atoms with van der Waals surface area (Å²) in [5.74, 6) is 0.783. The Balaban J connectivity index is 1.99. The molecule has 0 saturated heterocycles. The monoisotopic (exact) mass is 300 g/mol. The maximum atomic E-state index is 10.4. The smallest absolute Gasteiger partial charge is 0.126 e. The molecule has 0 spiro atoms. The number of hydrogen-bond donors (Lipinski definition) is 3. The maximum Gasteiger partial charge on any atom is 0.126 e. The van der Waals surface area contributed by atoms with Gasteiger partial charge < -0.3 is 21.1 Å². The number of rotatable bonds is 7. The Bertz CT molecular complexity index is 583. The van der Waals surface area contributed by atoms with Crippen molar-refractivity contribution in [3.8, 4) is 0 Å². The minimum atomic E-state index is -0.675. The molecule has 0 fully saturated rings. The van der Waals surface area contributed by atoms with Crippen molar-refractivity contribution in [2.45, 2.75) is 12.5 Å². The van der Waals surface area contributed by atoms with Crippen LogP contribution in [-0.4, -0.2) is 42.2 Å². The van der Waals surface area contributed by atoms with Crippen molar-refractivity contribution in [1.82, 2.24) is 9.88 Å². The summed E-state index contributed by atoms with van der Waals surface area (Å²) in [5.41, 5.74) is 8.00. The molecular formula is C17H24N4O. The second-order valence-electron chi connectivity index (χ2n) is 5.63. The van der Waals surface area contributed by atoms with Crippen LogP contribution in [0.2, 0.25) is 0 Å². The summed E-state index contributed by atoms with van der Waals surface area (Å²) in [6, 6.07) is 11.0. The minimum absolute atomic E-state index is 0.675. The molecule has 1 aromatic carbocycles. The van der Waals surface area contributed by atoms with E-state index in [1.807, 2.05) is 24.3 Å². The Labute approximate surface area is 131 Å². The molecule has 5 nitrogen and oxygen atoms in total. The van der Waals surface area contributed by atoms with Gasteiger partial charge in [0, 0.05) is 18.4 Å². The number of nitrogen functional groups attached to an aromatic ring is 1. The number of benzene rings is 1. The average molecular weight is 300 g/mol. The number of nitrogens with zero attached hydrogens (tertiary/aromatic N) is 2. The molecular weight excluding hydrogens is 276 g/mol. The molecule has 0 bridgehead atoms. The highest BCUT2D eigenvalue weighted by Crippen LogP contribution is 2.23. The fourth-order valence-corrected chi connectivity index (χ4v) is 2.20. The van der Waals surface area contributed by atoms with Crippen LogP contribution in [0.15, 0.2) is 42.6 Å². The molecule has 118 valence electrons. The van der Waals surface area contributed by atoms with Crippen molar-refractivity contribution in [1.29, 1.82) is 0 Å². The fourth-order valence-electron chi connectivity index (χ4n) is 2.20. The number of nitrogens with one attached hydrogen (secondary N) is 1. The van der Waals surface area contributed by atoms with Crippen LogP contribution in [-0.2, 0) is 0 Å². The van der Waals surface area contributed by atoms with Crippen LogP contribution < -0.4 is 11.1 Å². The molecule has 1 unspecified atom stereocenters. The Morgan fingerprint density at radius 3 is 2.59 bits per heavy atom. The summed E-state index contributed by atoms with van der Waals surface area (Å²) < 4.78 is 0. The highest BCUT2D eigenvalue weighted by Gasteiger charge is 2.11. The molecule has 0 radical (unpaired) electrons. The number of nitrogens with two attached hydrogens (primary N) is 1. The van der Waals surface area contributed by atoms with Crippen LogP contribution in [0, 0.1) is 0 Å². The SMILES string of the molecule is CN(C)CCCNc1cc(C(O)c2ccc(N)cc2)ccn1. The number of aromatic nitrogens is 1. The van der Waals surface area contributed by atoms with Gasteiger partial charge >= 0.3 is 0 Å². The largest absolute Gasteiger partial charge is 0.399 e. The molecule has 2 rings (SSSR count). The number of hydrogen-bond acceptors (Lipinski definition) is 5. The predicted octanol–water partition coefficient (Wildman–Crippen LogP) is 2.11. The summed E-state index contributed by atoms with van der Waals surface area (Å²) in [6.45, 7) is 1.88. The highest BCUT2D eigenvalue weighted by molar-refractivity contribution is 5.44. The van der Waals surface area contributed by atoms with Crippen LogP contribution >= 0.6 is 0 Å². The molecule has 0 aliphatic rings. The second kappa shape index (κ2) is 7.77. The summed E-state index contributed by atoms with van der Waals surface area (Å²) in [5, 5.41) is 13.7. The third kappa shape index (κ3) is 4.72. The summed E-state index contributed by atoms with van der Waals surface area (Å²) in [4.78, 5) is 6.44. The first-order valence-corrected chi connectivity index (χ1v) is 7.44. The molecule has 1 aromatic heterocycles. The van der Waals surface area contributed by atoms with Gasteiger partial charge in [-0.1, -0.05) is 12.1 Å². The van der Waals surface area contributed by atoms with Crippen LogP contribution in [0.25, 0.3) is 0 Å². The van der Waals surface area contributed by atoms with Crippen molar-refractivity contribution in [3.63, 3.8) is 0 Å². The minimum Gasteiger partial charge on any atom is -0.399 e. The number of pyridine rings is 1. The van der Waals surface area contributed by atoms with Crippen LogP contribution in [0.5, 0.6) is 0 Å². The van der Waals surface area contributed by atoms with E-state index in [-0.39, 0.29) is 0 Å². The van der Waals surface area contributed by atoms with E-state index >= 15 is 0 Å². The number of anilines is 2. The molecule has 0 saturated carbocycles. The van der Waals surface area contributed by atoms with Gasteiger partial charge in [-0.3, -0.25) is 0 Å². The van der Waals surface area contributed by atoms with Gasteiger partial charge in [0.2, 0.25) is 0 Å². The lowest BCUT2D eigenvalue weighted by molar-refractivity contribution is 0.220. The first-order chi connectivity index (χ1) is 10.6. The Kier molecular flexibility index (Phi) is 5.75. The summed E-state index contributed by atoms with van der Waals surface area (Å²) in [7, 11) is 4.11. The van der Waals surface area contributed by atoms with E-state index in [9.17, 15) is 5.11 Å². The lowest BCUT2D eigenvalue weighted by atomic mass is 10.0. The van der Waals surface area contributed by atoms with Gasteiger partial charge in [-0.15, -0.1) is 0 Å². The maximum absolute atomic E-state index is 10.4. The van der Waals surface area contributed by atoms with Crippen molar-refractivity contribution < 1.29 is 5.11 Å². The van der Waals surface area contributed by atoms with E-state index in [0.29, 0.717) is 5.69 Å². The highest BCUT2D eigenvalue weighted by atomic mass is 16.3. The summed E-state index contributed by atoms with van der Waals surface area (Å²) in [6.07, 6.45) is 2.08. The van der Waals surface area contributed by atoms with Gasteiger partial charge in [-0.2, -0.15) is 0 Å². The van der Waals surface area contributed by atoms with Gasteiger partial charge in [0.25, 0.3) is 0 Å². The molecule has 0 aliphatic carbocycles. The topological polar surface area (TPSA) is 74.4 Å². The van der Waals surface area contributed by atoms with Crippen LogP contribution in [0.1, 0.15) is 23.7 Å². The third-order valence-corrected chi connectivity index (χ3v) is 3.44. The summed E-state index contributed by atoms with van der Waals surface area (Å²) >= 11 is 0. The lowest BCUT2D eigenvalue weighted by Gasteiger charge is -2.14. The second-order valence-corrected chi connectivity index (χ2v) is 5.63. The fraction of sp³-hybridized carbons (Fsp3) is 0.353. The Morgan fingerprint density at radius 1 is 1.18 bits per heavy atom. The van der Waals surface area contributed by atoms with Gasteiger partial charge in [-0.05, 0) is 62.5 Å². The van der Waals surface area contributed by atoms with Crippen molar-refractivity contribution in [2.75, 3.05) is 38.2 Å². The molecule has 22 heavy (non-hydrogen) atoms. The van der Waals surface area contributed by atoms with E-state index in [2.05, 4.69) is 29.3 Å². The normalized spacial score (nSPS) is 12.4. The molecule has 0 aliphatic heterocycles. The van der Waals surface area contributed by atoms with E-state index in [1.165, 1.54) is 0 Å². The standard InChI is InChI=1S/C17H24N4O/c1-21(2)11-3-9-19-16-12-14(8-10-20-16)17(22)13-4-6-15(18)7-5-13/h4-8,10,12,17,22H,3,9,11,18H2,1-2H3,(H,19,20). The third-order valence-electron chi connectivity index (χ3n) is 3.44. The van der Waals surface area contributed by atoms with Gasteiger partial charge in [0.1, 0.15) is 11.9 Å². The van der Waals surface area contributed by atoms with Crippen molar-refractivity contribution in [3.05, 3.63) is 53.7 Å². The molecule has 1 heterocycles. The van der Waals surface area contributed by atoms with Crippen molar-refractivity contribution in [2.24, 2.45) is 0 Å². The van der Waals surface area contributed by atoms with Crippen LogP contribution in [0.4, 0.5) is 11.5 Å². The zero-order valence-electron chi connectivity index (χ0n) is 13.2. The predicted molar refractivity (Wildman–Crippen MR) is 90.8 cm³/mol. The van der Waals surface area contributed by atoms with Gasteiger partial charge in [-0.25, -0.2) is 4.98 Å².